The first-order chi connectivity index (χ1) is 7.24. The molecule has 0 aliphatic carbocycles. The fourth-order valence-corrected chi connectivity index (χ4v) is 1.04. The molecule has 1 aromatic carbocycles. The van der Waals surface area contributed by atoms with Crippen LogP contribution in [0.4, 0.5) is 0 Å². The van der Waals surface area contributed by atoms with Crippen LogP contribution in [0.5, 0.6) is 0 Å². The quantitative estimate of drug-likeness (QED) is 0.424. The second-order valence-corrected chi connectivity index (χ2v) is 2.96. The van der Waals surface area contributed by atoms with Crippen LogP contribution in [-0.2, 0) is 16.0 Å². The van der Waals surface area contributed by atoms with Crippen LogP contribution < -0.4 is 0 Å². The van der Waals surface area contributed by atoms with Gasteiger partial charge >= 0.3 is 5.97 Å². The van der Waals surface area contributed by atoms with Crippen molar-refractivity contribution in [3.63, 3.8) is 0 Å². The summed E-state index contributed by atoms with van der Waals surface area (Å²) < 4.78 is 4.84. The molecule has 0 aliphatic heterocycles. The van der Waals surface area contributed by atoms with Crippen LogP contribution >= 0.6 is 0 Å². The maximum absolute atomic E-state index is 11.0. The molecule has 15 heavy (non-hydrogen) atoms. The summed E-state index contributed by atoms with van der Waals surface area (Å²) in [5.74, 6) is -0.645. The number of ether oxygens (including phenoxy) is 1. The predicted octanol–water partition coefficient (Wildman–Crippen LogP) is 1.85. The number of hydrogen-bond donors (Lipinski definition) is 0. The van der Waals surface area contributed by atoms with Gasteiger partial charge in [0.1, 0.15) is 11.6 Å². The lowest BCUT2D eigenvalue weighted by atomic mass is 10.2. The summed E-state index contributed by atoms with van der Waals surface area (Å²) in [6.07, 6.45) is 0.644. The molecule has 0 N–H and O–H groups in total. The molecule has 0 radical (unpaired) electrons. The normalized spacial score (nSPS) is 9.00. The lowest BCUT2D eigenvalue weighted by Crippen LogP contribution is -2.08. The van der Waals surface area contributed by atoms with Gasteiger partial charge < -0.3 is 4.74 Å². The second kappa shape index (κ2) is 5.61. The summed E-state index contributed by atoms with van der Waals surface area (Å²) in [7, 11) is 0. The van der Waals surface area contributed by atoms with Crippen LogP contribution in [-0.4, -0.2) is 12.6 Å². The zero-order chi connectivity index (χ0) is 11.1. The number of nitrogens with zero attached hydrogens (tertiary/aromatic N) is 1. The minimum atomic E-state index is -0.645. The summed E-state index contributed by atoms with van der Waals surface area (Å²) in [5, 5.41) is 8.37. The Labute approximate surface area is 88.6 Å². The highest BCUT2D eigenvalue weighted by Gasteiger charge is 2.06. The van der Waals surface area contributed by atoms with E-state index in [2.05, 4.69) is 6.58 Å². The third-order valence-electron chi connectivity index (χ3n) is 1.85. The van der Waals surface area contributed by atoms with Crippen LogP contribution in [0.15, 0.2) is 42.5 Å². The standard InChI is InChI=1S/C12H11NO2/c1-10(9-13)12(14)15-8-7-11-5-3-2-4-6-11/h2-6H,1,7-8H2. The fraction of sp³-hybridized carbons (Fsp3) is 0.167. The SMILES string of the molecule is C=C(C#N)C(=O)OCCc1ccccc1. The smallest absolute Gasteiger partial charge is 0.348 e. The number of benzene rings is 1. The molecule has 0 heterocycles. The van der Waals surface area contributed by atoms with E-state index in [-0.39, 0.29) is 12.2 Å². The zero-order valence-electron chi connectivity index (χ0n) is 8.27. The number of rotatable bonds is 4. The minimum Gasteiger partial charge on any atom is -0.461 e. The van der Waals surface area contributed by atoms with Gasteiger partial charge in [-0.15, -0.1) is 0 Å². The molecule has 0 saturated heterocycles. The van der Waals surface area contributed by atoms with Crippen molar-refractivity contribution in [1.82, 2.24) is 0 Å². The van der Waals surface area contributed by atoms with Crippen molar-refractivity contribution in [2.45, 2.75) is 6.42 Å². The molecule has 0 spiro atoms. The van der Waals surface area contributed by atoms with Gasteiger partial charge in [0, 0.05) is 6.42 Å². The fourth-order valence-electron chi connectivity index (χ4n) is 1.04. The monoisotopic (exact) mass is 201 g/mol. The van der Waals surface area contributed by atoms with E-state index < -0.39 is 5.97 Å². The van der Waals surface area contributed by atoms with Crippen LogP contribution in [0, 0.1) is 11.3 Å². The molecule has 0 aliphatic rings. The molecule has 0 aromatic heterocycles. The van der Waals surface area contributed by atoms with E-state index in [0.717, 1.165) is 5.56 Å². The van der Waals surface area contributed by atoms with Gasteiger partial charge in [0.15, 0.2) is 0 Å². The van der Waals surface area contributed by atoms with Gasteiger partial charge in [-0.2, -0.15) is 5.26 Å². The van der Waals surface area contributed by atoms with Gasteiger partial charge in [-0.3, -0.25) is 0 Å². The summed E-state index contributed by atoms with van der Waals surface area (Å²) in [6, 6.07) is 11.3. The molecule has 1 rings (SSSR count). The largest absolute Gasteiger partial charge is 0.461 e. The van der Waals surface area contributed by atoms with Crippen molar-refractivity contribution in [2.24, 2.45) is 0 Å². The van der Waals surface area contributed by atoms with E-state index in [1.54, 1.807) is 6.07 Å². The molecule has 1 aromatic rings. The lowest BCUT2D eigenvalue weighted by molar-refractivity contribution is -0.138. The van der Waals surface area contributed by atoms with Crippen molar-refractivity contribution in [3.05, 3.63) is 48.0 Å². The van der Waals surface area contributed by atoms with Gasteiger partial charge in [0.25, 0.3) is 0 Å². The average molecular weight is 201 g/mol. The molecule has 0 atom stereocenters. The molecule has 3 nitrogen and oxygen atoms in total. The zero-order valence-corrected chi connectivity index (χ0v) is 8.27. The molecule has 0 bridgehead atoms. The lowest BCUT2D eigenvalue weighted by Gasteiger charge is -2.02. The Morgan fingerprint density at radius 3 is 2.67 bits per heavy atom. The van der Waals surface area contributed by atoms with Gasteiger partial charge in [-0.05, 0) is 5.56 Å². The van der Waals surface area contributed by atoms with Crippen molar-refractivity contribution >= 4 is 5.97 Å². The van der Waals surface area contributed by atoms with Crippen LogP contribution in [0.2, 0.25) is 0 Å². The van der Waals surface area contributed by atoms with E-state index in [1.165, 1.54) is 0 Å². The first kappa shape index (κ1) is 11.0. The van der Waals surface area contributed by atoms with Crippen LogP contribution in [0.1, 0.15) is 5.56 Å². The Morgan fingerprint density at radius 1 is 1.40 bits per heavy atom. The minimum absolute atomic E-state index is 0.164. The van der Waals surface area contributed by atoms with Crippen molar-refractivity contribution in [3.8, 4) is 6.07 Å². The van der Waals surface area contributed by atoms with Crippen molar-refractivity contribution in [1.29, 1.82) is 5.26 Å². The Hall–Kier alpha value is -2.08. The molecule has 0 saturated carbocycles. The highest BCUT2D eigenvalue weighted by Crippen LogP contribution is 2.00. The Morgan fingerprint density at radius 2 is 2.07 bits per heavy atom. The van der Waals surface area contributed by atoms with Gasteiger partial charge in [0.05, 0.1) is 6.61 Å². The number of carbonyl (C=O) groups excluding carboxylic acids is 1. The molecule has 0 fully saturated rings. The van der Waals surface area contributed by atoms with Crippen molar-refractivity contribution in [2.75, 3.05) is 6.61 Å². The van der Waals surface area contributed by atoms with Crippen molar-refractivity contribution < 1.29 is 9.53 Å². The summed E-state index contributed by atoms with van der Waals surface area (Å²) in [5.41, 5.74) is 0.927. The summed E-state index contributed by atoms with van der Waals surface area (Å²) in [4.78, 5) is 11.0. The highest BCUT2D eigenvalue weighted by atomic mass is 16.5. The maximum atomic E-state index is 11.0. The van der Waals surface area contributed by atoms with Crippen LogP contribution in [0.25, 0.3) is 0 Å². The van der Waals surface area contributed by atoms with Gasteiger partial charge in [0.2, 0.25) is 0 Å². The number of carbonyl (C=O) groups is 1. The topological polar surface area (TPSA) is 50.1 Å². The number of esters is 1. The van der Waals surface area contributed by atoms with E-state index in [1.807, 2.05) is 30.3 Å². The second-order valence-electron chi connectivity index (χ2n) is 2.96. The van der Waals surface area contributed by atoms with Crippen LogP contribution in [0.3, 0.4) is 0 Å². The van der Waals surface area contributed by atoms with Gasteiger partial charge in [-0.25, -0.2) is 4.79 Å². The first-order valence-electron chi connectivity index (χ1n) is 4.54. The molecule has 0 amide bonds. The highest BCUT2D eigenvalue weighted by molar-refractivity contribution is 5.91. The Bertz CT molecular complexity index is 390. The maximum Gasteiger partial charge on any atom is 0.348 e. The molecular weight excluding hydrogens is 190 g/mol. The molecular formula is C12H11NO2. The number of nitriles is 1. The first-order valence-corrected chi connectivity index (χ1v) is 4.54. The predicted molar refractivity (Wildman–Crippen MR) is 55.9 cm³/mol. The Balaban J connectivity index is 2.32. The Kier molecular flexibility index (Phi) is 4.11. The average Bonchev–Trinajstić information content (AvgIpc) is 2.29. The van der Waals surface area contributed by atoms with E-state index in [9.17, 15) is 4.79 Å². The third kappa shape index (κ3) is 3.65. The molecule has 0 unspecified atom stereocenters. The summed E-state index contributed by atoms with van der Waals surface area (Å²) in [6.45, 7) is 3.53. The number of hydrogen-bond acceptors (Lipinski definition) is 3. The summed E-state index contributed by atoms with van der Waals surface area (Å²) >= 11 is 0. The van der Waals surface area contributed by atoms with E-state index in [4.69, 9.17) is 10.00 Å². The molecule has 3 heteroatoms. The molecule has 76 valence electrons. The van der Waals surface area contributed by atoms with E-state index >= 15 is 0 Å². The van der Waals surface area contributed by atoms with Gasteiger partial charge in [-0.1, -0.05) is 36.9 Å². The van der Waals surface area contributed by atoms with E-state index in [0.29, 0.717) is 6.42 Å². The third-order valence-corrected chi connectivity index (χ3v) is 1.85.